The summed E-state index contributed by atoms with van der Waals surface area (Å²) < 4.78 is 0. The molecule has 4 amide bonds. The lowest BCUT2D eigenvalue weighted by Gasteiger charge is -2.25. The van der Waals surface area contributed by atoms with E-state index in [9.17, 15) is 29.1 Å². The van der Waals surface area contributed by atoms with E-state index in [4.69, 9.17) is 16.6 Å². The number of aliphatic hydroxyl groups excluding tert-OH is 1. The van der Waals surface area contributed by atoms with Crippen molar-refractivity contribution in [3.05, 3.63) is 35.9 Å². The van der Waals surface area contributed by atoms with Crippen molar-refractivity contribution < 1.29 is 34.2 Å². The van der Waals surface area contributed by atoms with E-state index in [1.54, 1.807) is 24.3 Å². The van der Waals surface area contributed by atoms with E-state index in [-0.39, 0.29) is 12.2 Å². The van der Waals surface area contributed by atoms with E-state index in [0.717, 1.165) is 5.56 Å². The van der Waals surface area contributed by atoms with Gasteiger partial charge in [0, 0.05) is 5.75 Å². The number of nitrogens with two attached hydrogens (primary N) is 2. The Labute approximate surface area is 195 Å². The third-order valence-electron chi connectivity index (χ3n) is 4.53. The molecule has 9 N–H and O–H groups in total. The summed E-state index contributed by atoms with van der Waals surface area (Å²) in [5.41, 5.74) is 11.7. The summed E-state index contributed by atoms with van der Waals surface area (Å²) in [6.45, 7) is 1.26. The van der Waals surface area contributed by atoms with E-state index in [0.29, 0.717) is 0 Å². The second-order valence-electron chi connectivity index (χ2n) is 7.34. The Balaban J connectivity index is 2.80. The highest BCUT2D eigenvalue weighted by atomic mass is 32.1. The van der Waals surface area contributed by atoms with Gasteiger partial charge in [-0.15, -0.1) is 0 Å². The van der Waals surface area contributed by atoms with Gasteiger partial charge >= 0.3 is 5.97 Å². The van der Waals surface area contributed by atoms with Crippen LogP contribution in [0.5, 0.6) is 0 Å². The van der Waals surface area contributed by atoms with Gasteiger partial charge < -0.3 is 37.6 Å². The minimum absolute atomic E-state index is 0.193. The van der Waals surface area contributed by atoms with Crippen molar-refractivity contribution in [3.8, 4) is 0 Å². The van der Waals surface area contributed by atoms with E-state index in [1.807, 2.05) is 6.07 Å². The summed E-state index contributed by atoms with van der Waals surface area (Å²) >= 11 is 3.97. The fourth-order valence-corrected chi connectivity index (χ4v) is 3.01. The molecule has 33 heavy (non-hydrogen) atoms. The number of hydrogen-bond donors (Lipinski definition) is 8. The molecule has 5 unspecified atom stereocenters. The molecule has 0 aliphatic rings. The van der Waals surface area contributed by atoms with Gasteiger partial charge in [0.1, 0.15) is 18.1 Å². The van der Waals surface area contributed by atoms with E-state index >= 15 is 0 Å². The average Bonchev–Trinajstić information content (AvgIpc) is 2.74. The van der Waals surface area contributed by atoms with Crippen LogP contribution in [0.15, 0.2) is 30.3 Å². The molecule has 0 saturated heterocycles. The largest absolute Gasteiger partial charge is 0.480 e. The van der Waals surface area contributed by atoms with Gasteiger partial charge in [0.25, 0.3) is 0 Å². The zero-order chi connectivity index (χ0) is 25.1. The number of carboxylic acid groups (broad SMARTS) is 1. The van der Waals surface area contributed by atoms with Gasteiger partial charge in [-0.25, -0.2) is 4.79 Å². The number of rotatable bonds is 13. The lowest BCUT2D eigenvalue weighted by atomic mass is 10.0. The van der Waals surface area contributed by atoms with Gasteiger partial charge in [0.05, 0.1) is 18.6 Å². The first kappa shape index (κ1) is 27.9. The summed E-state index contributed by atoms with van der Waals surface area (Å²) in [5, 5.41) is 25.8. The van der Waals surface area contributed by atoms with Crippen LogP contribution in [0.3, 0.4) is 0 Å². The molecule has 0 spiro atoms. The van der Waals surface area contributed by atoms with E-state index in [2.05, 4.69) is 28.6 Å². The topological polar surface area (TPSA) is 214 Å². The summed E-state index contributed by atoms with van der Waals surface area (Å²) in [6, 6.07) is 3.56. The zero-order valence-electron chi connectivity index (χ0n) is 17.9. The molecule has 0 aliphatic heterocycles. The number of carbonyl (C=O) groups is 5. The van der Waals surface area contributed by atoms with Crippen molar-refractivity contribution in [1.29, 1.82) is 0 Å². The number of nitrogens with one attached hydrogen (secondary N) is 3. The van der Waals surface area contributed by atoms with E-state index in [1.165, 1.54) is 6.92 Å². The number of amides is 4. The molecule has 0 radical (unpaired) electrons. The Morgan fingerprint density at radius 2 is 1.55 bits per heavy atom. The van der Waals surface area contributed by atoms with Crippen LogP contribution in [0.1, 0.15) is 18.9 Å². The summed E-state index contributed by atoms with van der Waals surface area (Å²) in [4.78, 5) is 59.7. The molecule has 0 heterocycles. The lowest BCUT2D eigenvalue weighted by molar-refractivity contribution is -0.143. The standard InChI is InChI=1S/C20H29N5O7S/c1-10(26)16(25-17(28)12(21)7-11-5-3-2-4-6-11)19(30)24-14(9-33)18(29)23-13(20(31)32)8-15(22)27/h2-6,10,12-14,16,26,33H,7-9,21H2,1H3,(H2,22,27)(H,23,29)(H,24,30)(H,25,28)(H,31,32). The molecule has 5 atom stereocenters. The van der Waals surface area contributed by atoms with Crippen LogP contribution in [-0.2, 0) is 30.4 Å². The minimum Gasteiger partial charge on any atom is -0.480 e. The first-order chi connectivity index (χ1) is 15.5. The highest BCUT2D eigenvalue weighted by molar-refractivity contribution is 7.80. The third-order valence-corrected chi connectivity index (χ3v) is 4.90. The molecule has 13 heteroatoms. The van der Waals surface area contributed by atoms with Crippen molar-refractivity contribution in [3.63, 3.8) is 0 Å². The maximum Gasteiger partial charge on any atom is 0.326 e. The van der Waals surface area contributed by atoms with Gasteiger partial charge in [-0.3, -0.25) is 19.2 Å². The fourth-order valence-electron chi connectivity index (χ4n) is 2.76. The van der Waals surface area contributed by atoms with Crippen LogP contribution < -0.4 is 27.4 Å². The molecule has 0 aliphatic carbocycles. The number of carbonyl (C=O) groups excluding carboxylic acids is 4. The number of primary amides is 1. The molecular formula is C20H29N5O7S. The molecule has 1 aromatic carbocycles. The van der Waals surface area contributed by atoms with Gasteiger partial charge in [-0.1, -0.05) is 30.3 Å². The fraction of sp³-hybridized carbons (Fsp3) is 0.450. The minimum atomic E-state index is -1.60. The number of aliphatic hydroxyl groups is 1. The molecular weight excluding hydrogens is 454 g/mol. The lowest BCUT2D eigenvalue weighted by Crippen LogP contribution is -2.60. The van der Waals surface area contributed by atoms with Gasteiger partial charge in [0.2, 0.25) is 23.6 Å². The maximum absolute atomic E-state index is 12.6. The Kier molecular flexibility index (Phi) is 11.3. The number of benzene rings is 1. The molecule has 0 aromatic heterocycles. The van der Waals surface area contributed by atoms with Crippen LogP contribution in [0, 0.1) is 0 Å². The highest BCUT2D eigenvalue weighted by Gasteiger charge is 2.32. The number of hydrogen-bond acceptors (Lipinski definition) is 8. The van der Waals surface area contributed by atoms with Gasteiger partial charge in [-0.05, 0) is 18.9 Å². The zero-order valence-corrected chi connectivity index (χ0v) is 18.8. The SMILES string of the molecule is CC(O)C(NC(=O)C(N)Cc1ccccc1)C(=O)NC(CS)C(=O)NC(CC(N)=O)C(=O)O. The smallest absolute Gasteiger partial charge is 0.326 e. The van der Waals surface area contributed by atoms with Crippen LogP contribution in [0.4, 0.5) is 0 Å². The Morgan fingerprint density at radius 1 is 0.970 bits per heavy atom. The van der Waals surface area contributed by atoms with Crippen LogP contribution in [0.25, 0.3) is 0 Å². The summed E-state index contributed by atoms with van der Waals surface area (Å²) in [6.07, 6.45) is -1.80. The normalized spacial score (nSPS) is 15.3. The molecule has 182 valence electrons. The molecule has 1 aromatic rings. The second-order valence-corrected chi connectivity index (χ2v) is 7.70. The quantitative estimate of drug-likeness (QED) is 0.138. The van der Waals surface area contributed by atoms with Gasteiger partial charge in [0.15, 0.2) is 0 Å². The Morgan fingerprint density at radius 3 is 2.03 bits per heavy atom. The van der Waals surface area contributed by atoms with Crippen LogP contribution in [-0.4, -0.2) is 75.8 Å². The Bertz CT molecular complexity index is 852. The summed E-state index contributed by atoms with van der Waals surface area (Å²) in [7, 11) is 0. The van der Waals surface area contributed by atoms with E-state index < -0.39 is 66.3 Å². The Hall–Kier alpha value is -3.16. The number of thiol groups is 1. The van der Waals surface area contributed by atoms with Crippen LogP contribution in [0.2, 0.25) is 0 Å². The molecule has 0 saturated carbocycles. The van der Waals surface area contributed by atoms with Crippen molar-refractivity contribution in [2.24, 2.45) is 11.5 Å². The first-order valence-corrected chi connectivity index (χ1v) is 10.6. The van der Waals surface area contributed by atoms with Crippen molar-refractivity contribution in [2.45, 2.75) is 50.0 Å². The van der Waals surface area contributed by atoms with Crippen molar-refractivity contribution in [2.75, 3.05) is 5.75 Å². The molecule has 0 fully saturated rings. The predicted molar refractivity (Wildman–Crippen MR) is 121 cm³/mol. The maximum atomic E-state index is 12.6. The molecule has 0 bridgehead atoms. The summed E-state index contributed by atoms with van der Waals surface area (Å²) in [5.74, 6) is -5.23. The second kappa shape index (κ2) is 13.4. The molecule has 12 nitrogen and oxygen atoms in total. The van der Waals surface area contributed by atoms with Crippen LogP contribution >= 0.6 is 12.6 Å². The van der Waals surface area contributed by atoms with Crippen molar-refractivity contribution >= 4 is 42.2 Å². The predicted octanol–water partition coefficient (Wildman–Crippen LogP) is -2.72. The average molecular weight is 484 g/mol. The first-order valence-electron chi connectivity index (χ1n) is 9.96. The highest BCUT2D eigenvalue weighted by Crippen LogP contribution is 2.04. The van der Waals surface area contributed by atoms with Gasteiger partial charge in [-0.2, -0.15) is 12.6 Å². The molecule has 1 rings (SSSR count). The number of aliphatic carboxylic acids is 1. The number of carboxylic acids is 1. The third kappa shape index (κ3) is 9.47. The van der Waals surface area contributed by atoms with Crippen molar-refractivity contribution in [1.82, 2.24) is 16.0 Å². The monoisotopic (exact) mass is 483 g/mol.